The molecule has 0 bridgehead atoms. The Labute approximate surface area is 104 Å². The standard InChI is InChI=1S/C13H15NO2S/c1-7-5-10(11(16-4)6-8(7)2)12-9(3)17-13(15)14-12/h5-6H,1-4H3,(H,14,15). The zero-order chi connectivity index (χ0) is 12.6. The third-order valence-electron chi connectivity index (χ3n) is 2.91. The molecule has 0 unspecified atom stereocenters. The first-order valence-corrected chi connectivity index (χ1v) is 6.20. The maximum atomic E-state index is 11.4. The van der Waals surface area contributed by atoms with Gasteiger partial charge in [-0.2, -0.15) is 0 Å². The van der Waals surface area contributed by atoms with Crippen LogP contribution in [0.4, 0.5) is 0 Å². The summed E-state index contributed by atoms with van der Waals surface area (Å²) in [6.07, 6.45) is 0. The quantitative estimate of drug-likeness (QED) is 0.889. The average molecular weight is 249 g/mol. The summed E-state index contributed by atoms with van der Waals surface area (Å²) in [5.74, 6) is 0.797. The topological polar surface area (TPSA) is 42.1 Å². The molecule has 0 saturated carbocycles. The molecule has 0 atom stereocenters. The molecule has 0 aliphatic rings. The molecule has 1 heterocycles. The van der Waals surface area contributed by atoms with Crippen LogP contribution in [0.15, 0.2) is 16.9 Å². The van der Waals surface area contributed by atoms with Gasteiger partial charge in [-0.15, -0.1) is 0 Å². The third kappa shape index (κ3) is 2.13. The Kier molecular flexibility index (Phi) is 3.07. The summed E-state index contributed by atoms with van der Waals surface area (Å²) in [7, 11) is 1.65. The molecule has 1 aromatic heterocycles. The summed E-state index contributed by atoms with van der Waals surface area (Å²) >= 11 is 1.23. The first kappa shape index (κ1) is 11.9. The normalized spacial score (nSPS) is 10.6. The number of nitrogens with one attached hydrogen (secondary N) is 1. The summed E-state index contributed by atoms with van der Waals surface area (Å²) in [5, 5.41) is 0. The highest BCUT2D eigenvalue weighted by atomic mass is 32.1. The van der Waals surface area contributed by atoms with Gasteiger partial charge in [-0.05, 0) is 44.0 Å². The van der Waals surface area contributed by atoms with E-state index in [0.29, 0.717) is 0 Å². The van der Waals surface area contributed by atoms with Crippen LogP contribution in [0.1, 0.15) is 16.0 Å². The number of thiazole rings is 1. The van der Waals surface area contributed by atoms with Crippen LogP contribution in [0, 0.1) is 20.8 Å². The predicted octanol–water partition coefficient (Wildman–Crippen LogP) is 3.04. The summed E-state index contributed by atoms with van der Waals surface area (Å²) in [5.41, 5.74) is 4.18. The fraction of sp³-hybridized carbons (Fsp3) is 0.308. The van der Waals surface area contributed by atoms with Crippen molar-refractivity contribution in [1.29, 1.82) is 0 Å². The van der Waals surface area contributed by atoms with Crippen molar-refractivity contribution in [2.75, 3.05) is 7.11 Å². The summed E-state index contributed by atoms with van der Waals surface area (Å²) < 4.78 is 5.38. The van der Waals surface area contributed by atoms with Crippen LogP contribution in [0.2, 0.25) is 0 Å². The second-order valence-corrected chi connectivity index (χ2v) is 5.27. The van der Waals surface area contributed by atoms with Gasteiger partial charge >= 0.3 is 4.87 Å². The molecule has 0 aliphatic heterocycles. The number of aryl methyl sites for hydroxylation is 3. The van der Waals surface area contributed by atoms with Crippen LogP contribution in [0.5, 0.6) is 5.75 Å². The van der Waals surface area contributed by atoms with Crippen molar-refractivity contribution in [1.82, 2.24) is 4.98 Å². The van der Waals surface area contributed by atoms with E-state index in [1.54, 1.807) is 7.11 Å². The number of ether oxygens (including phenoxy) is 1. The number of hydrogen-bond donors (Lipinski definition) is 1. The highest BCUT2D eigenvalue weighted by Crippen LogP contribution is 2.33. The maximum absolute atomic E-state index is 11.4. The minimum atomic E-state index is -0.0298. The lowest BCUT2D eigenvalue weighted by molar-refractivity contribution is 0.416. The third-order valence-corrected chi connectivity index (χ3v) is 3.71. The van der Waals surface area contributed by atoms with E-state index < -0.39 is 0 Å². The van der Waals surface area contributed by atoms with Gasteiger partial charge in [0.25, 0.3) is 0 Å². The molecule has 0 saturated heterocycles. The van der Waals surface area contributed by atoms with Crippen molar-refractivity contribution < 1.29 is 4.74 Å². The zero-order valence-corrected chi connectivity index (χ0v) is 11.2. The van der Waals surface area contributed by atoms with E-state index in [0.717, 1.165) is 21.9 Å². The number of hydrogen-bond acceptors (Lipinski definition) is 3. The maximum Gasteiger partial charge on any atom is 0.305 e. The summed E-state index contributed by atoms with van der Waals surface area (Å²) in [6, 6.07) is 4.05. The lowest BCUT2D eigenvalue weighted by Crippen LogP contribution is -1.96. The van der Waals surface area contributed by atoms with Gasteiger partial charge in [-0.3, -0.25) is 4.79 Å². The van der Waals surface area contributed by atoms with Crippen molar-refractivity contribution in [2.45, 2.75) is 20.8 Å². The zero-order valence-electron chi connectivity index (χ0n) is 10.4. The Morgan fingerprint density at radius 1 is 1.18 bits per heavy atom. The molecule has 2 aromatic rings. The Morgan fingerprint density at radius 2 is 1.82 bits per heavy atom. The SMILES string of the molecule is COc1cc(C)c(C)cc1-c1[nH]c(=O)sc1C. The number of methoxy groups -OCH3 is 1. The molecule has 90 valence electrons. The van der Waals surface area contributed by atoms with Gasteiger partial charge in [0.05, 0.1) is 12.8 Å². The van der Waals surface area contributed by atoms with E-state index in [1.807, 2.05) is 19.9 Å². The number of rotatable bonds is 2. The van der Waals surface area contributed by atoms with Gasteiger partial charge < -0.3 is 9.72 Å². The van der Waals surface area contributed by atoms with Crippen molar-refractivity contribution >= 4 is 11.3 Å². The number of benzene rings is 1. The van der Waals surface area contributed by atoms with Crippen molar-refractivity contribution in [3.8, 4) is 17.0 Å². The van der Waals surface area contributed by atoms with Crippen molar-refractivity contribution in [3.63, 3.8) is 0 Å². The van der Waals surface area contributed by atoms with Crippen LogP contribution < -0.4 is 9.61 Å². The Hall–Kier alpha value is -1.55. The molecule has 1 N–H and O–H groups in total. The largest absolute Gasteiger partial charge is 0.496 e. The minimum Gasteiger partial charge on any atom is -0.496 e. The van der Waals surface area contributed by atoms with Gasteiger partial charge in [-0.25, -0.2) is 0 Å². The Balaban J connectivity index is 2.70. The first-order chi connectivity index (χ1) is 8.02. The fourth-order valence-electron chi connectivity index (χ4n) is 1.82. The van der Waals surface area contributed by atoms with Gasteiger partial charge in [0.15, 0.2) is 0 Å². The van der Waals surface area contributed by atoms with Gasteiger partial charge in [0.1, 0.15) is 5.75 Å². The van der Waals surface area contributed by atoms with Crippen LogP contribution in [0.3, 0.4) is 0 Å². The molecule has 0 radical (unpaired) electrons. The molecule has 4 heteroatoms. The molecule has 2 rings (SSSR count). The molecule has 1 aromatic carbocycles. The molecular formula is C13H15NO2S. The molecule has 0 amide bonds. The smallest absolute Gasteiger partial charge is 0.305 e. The van der Waals surface area contributed by atoms with Crippen molar-refractivity contribution in [2.24, 2.45) is 0 Å². The van der Waals surface area contributed by atoms with E-state index in [9.17, 15) is 4.79 Å². The van der Waals surface area contributed by atoms with Crippen LogP contribution >= 0.6 is 11.3 Å². The first-order valence-electron chi connectivity index (χ1n) is 5.38. The number of H-pyrrole nitrogens is 1. The highest BCUT2D eigenvalue weighted by Gasteiger charge is 2.13. The average Bonchev–Trinajstić information content (AvgIpc) is 2.61. The molecule has 3 nitrogen and oxygen atoms in total. The second kappa shape index (κ2) is 4.37. The second-order valence-electron chi connectivity index (χ2n) is 4.08. The van der Waals surface area contributed by atoms with Crippen LogP contribution in [0.25, 0.3) is 11.3 Å². The highest BCUT2D eigenvalue weighted by molar-refractivity contribution is 7.09. The van der Waals surface area contributed by atoms with Crippen LogP contribution in [-0.4, -0.2) is 12.1 Å². The number of aromatic amines is 1. The van der Waals surface area contributed by atoms with Gasteiger partial charge in [0, 0.05) is 10.4 Å². The molecule has 0 spiro atoms. The van der Waals surface area contributed by atoms with Gasteiger partial charge in [-0.1, -0.05) is 11.3 Å². The molecule has 17 heavy (non-hydrogen) atoms. The molecule has 0 aliphatic carbocycles. The predicted molar refractivity (Wildman–Crippen MR) is 71.1 cm³/mol. The fourth-order valence-corrected chi connectivity index (χ4v) is 2.51. The Bertz CT molecular complexity index is 610. The molecular weight excluding hydrogens is 234 g/mol. The minimum absolute atomic E-state index is 0.0298. The van der Waals surface area contributed by atoms with E-state index in [-0.39, 0.29) is 4.87 Å². The monoisotopic (exact) mass is 249 g/mol. The number of aromatic nitrogens is 1. The van der Waals surface area contributed by atoms with E-state index in [4.69, 9.17) is 4.74 Å². The van der Waals surface area contributed by atoms with Crippen LogP contribution in [-0.2, 0) is 0 Å². The molecule has 0 fully saturated rings. The van der Waals surface area contributed by atoms with E-state index >= 15 is 0 Å². The lowest BCUT2D eigenvalue weighted by Gasteiger charge is -2.11. The Morgan fingerprint density at radius 3 is 2.35 bits per heavy atom. The van der Waals surface area contributed by atoms with E-state index in [2.05, 4.69) is 18.0 Å². The summed E-state index contributed by atoms with van der Waals surface area (Å²) in [6.45, 7) is 6.04. The lowest BCUT2D eigenvalue weighted by atomic mass is 10.0. The van der Waals surface area contributed by atoms with Gasteiger partial charge in [0.2, 0.25) is 0 Å². The van der Waals surface area contributed by atoms with E-state index in [1.165, 1.54) is 22.5 Å². The summed E-state index contributed by atoms with van der Waals surface area (Å²) in [4.78, 5) is 15.2. The van der Waals surface area contributed by atoms with Crippen molar-refractivity contribution in [3.05, 3.63) is 37.8 Å².